The third-order valence-electron chi connectivity index (χ3n) is 5.07. The standard InChI is InChI=1S/C22H25FN4O2/c1-27(22(28)15-29-20-10-4-16(14-24)5-11-20)12-2-3-19-13-21(26-25-19)17-6-8-18(23)9-7-17/h4-11,19,21,25-26H,2-3,12-13,15H2,1H3. The zero-order chi connectivity index (χ0) is 20.6. The van der Waals surface area contributed by atoms with Crippen molar-refractivity contribution in [2.75, 3.05) is 20.2 Å². The van der Waals surface area contributed by atoms with Crippen LogP contribution in [0.5, 0.6) is 5.75 Å². The largest absolute Gasteiger partial charge is 0.484 e. The number of nitriles is 1. The van der Waals surface area contributed by atoms with Gasteiger partial charge in [0.2, 0.25) is 0 Å². The highest BCUT2D eigenvalue weighted by Gasteiger charge is 2.24. The van der Waals surface area contributed by atoms with E-state index in [1.807, 2.05) is 6.07 Å². The van der Waals surface area contributed by atoms with Gasteiger partial charge in [-0.25, -0.2) is 4.39 Å². The number of hydrogen-bond acceptors (Lipinski definition) is 5. The van der Waals surface area contributed by atoms with E-state index in [1.165, 1.54) is 12.1 Å². The van der Waals surface area contributed by atoms with Crippen LogP contribution in [0.25, 0.3) is 0 Å². The SMILES string of the molecule is CN(CCCC1CC(c2ccc(F)cc2)NN1)C(=O)COc1ccc(C#N)cc1. The molecule has 29 heavy (non-hydrogen) atoms. The van der Waals surface area contributed by atoms with E-state index in [4.69, 9.17) is 10.00 Å². The molecule has 0 spiro atoms. The smallest absolute Gasteiger partial charge is 0.260 e. The lowest BCUT2D eigenvalue weighted by atomic mass is 9.99. The number of halogens is 1. The molecular weight excluding hydrogens is 371 g/mol. The summed E-state index contributed by atoms with van der Waals surface area (Å²) in [7, 11) is 1.77. The van der Waals surface area contributed by atoms with Gasteiger partial charge in [0.1, 0.15) is 11.6 Å². The van der Waals surface area contributed by atoms with Crippen LogP contribution in [0.3, 0.4) is 0 Å². The molecule has 1 fully saturated rings. The van der Waals surface area contributed by atoms with Crippen molar-refractivity contribution in [3.05, 3.63) is 65.5 Å². The number of ether oxygens (including phenoxy) is 1. The number of carbonyl (C=O) groups is 1. The minimum atomic E-state index is -0.230. The maximum Gasteiger partial charge on any atom is 0.260 e. The van der Waals surface area contributed by atoms with Crippen molar-refractivity contribution < 1.29 is 13.9 Å². The van der Waals surface area contributed by atoms with E-state index >= 15 is 0 Å². The average molecular weight is 396 g/mol. The summed E-state index contributed by atoms with van der Waals surface area (Å²) < 4.78 is 18.5. The van der Waals surface area contributed by atoms with Crippen molar-refractivity contribution in [3.8, 4) is 11.8 Å². The number of rotatable bonds is 8. The Morgan fingerprint density at radius 2 is 1.93 bits per heavy atom. The molecule has 1 amide bonds. The lowest BCUT2D eigenvalue weighted by Crippen LogP contribution is -2.34. The second kappa shape index (κ2) is 10.0. The summed E-state index contributed by atoms with van der Waals surface area (Å²) in [6, 6.07) is 15.8. The predicted octanol–water partition coefficient (Wildman–Crippen LogP) is 2.92. The van der Waals surface area contributed by atoms with Gasteiger partial charge in [-0.1, -0.05) is 12.1 Å². The van der Waals surface area contributed by atoms with Crippen molar-refractivity contribution >= 4 is 5.91 Å². The maximum absolute atomic E-state index is 13.1. The van der Waals surface area contributed by atoms with Gasteiger partial charge in [0.05, 0.1) is 11.6 Å². The number of nitrogens with zero attached hydrogens (tertiary/aromatic N) is 2. The zero-order valence-electron chi connectivity index (χ0n) is 16.4. The van der Waals surface area contributed by atoms with Crippen LogP contribution in [0.4, 0.5) is 4.39 Å². The fourth-order valence-corrected chi connectivity index (χ4v) is 3.31. The number of hydrazine groups is 1. The molecule has 0 aliphatic carbocycles. The normalized spacial score (nSPS) is 18.2. The van der Waals surface area contributed by atoms with Crippen LogP contribution in [-0.4, -0.2) is 37.0 Å². The van der Waals surface area contributed by atoms with Gasteiger partial charge in [-0.15, -0.1) is 0 Å². The Hall–Kier alpha value is -2.95. The van der Waals surface area contributed by atoms with E-state index < -0.39 is 0 Å². The number of nitrogens with one attached hydrogen (secondary N) is 2. The van der Waals surface area contributed by atoms with Crippen LogP contribution in [0, 0.1) is 17.1 Å². The van der Waals surface area contributed by atoms with Gasteiger partial charge >= 0.3 is 0 Å². The number of benzene rings is 2. The molecule has 2 N–H and O–H groups in total. The second-order valence-electron chi connectivity index (χ2n) is 7.21. The van der Waals surface area contributed by atoms with Gasteiger partial charge in [-0.05, 0) is 61.2 Å². The molecule has 2 unspecified atom stereocenters. The first-order chi connectivity index (χ1) is 14.0. The van der Waals surface area contributed by atoms with E-state index in [-0.39, 0.29) is 24.4 Å². The first kappa shape index (κ1) is 20.8. The Morgan fingerprint density at radius 3 is 2.62 bits per heavy atom. The van der Waals surface area contributed by atoms with Crippen LogP contribution < -0.4 is 15.6 Å². The minimum Gasteiger partial charge on any atom is -0.484 e. The van der Waals surface area contributed by atoms with Crippen molar-refractivity contribution in [3.63, 3.8) is 0 Å². The van der Waals surface area contributed by atoms with Gasteiger partial charge in [0, 0.05) is 25.7 Å². The Bertz CT molecular complexity index is 849. The summed E-state index contributed by atoms with van der Waals surface area (Å²) >= 11 is 0. The Kier molecular flexibility index (Phi) is 7.17. The van der Waals surface area contributed by atoms with Crippen LogP contribution in [0.1, 0.15) is 36.4 Å². The summed E-state index contributed by atoms with van der Waals surface area (Å²) in [5.74, 6) is 0.252. The van der Waals surface area contributed by atoms with Gasteiger partial charge in [0.15, 0.2) is 6.61 Å². The first-order valence-electron chi connectivity index (χ1n) is 9.68. The van der Waals surface area contributed by atoms with Crippen molar-refractivity contribution in [1.82, 2.24) is 15.8 Å². The van der Waals surface area contributed by atoms with E-state index in [9.17, 15) is 9.18 Å². The molecule has 0 aromatic heterocycles. The summed E-state index contributed by atoms with van der Waals surface area (Å²) in [5.41, 5.74) is 8.16. The molecule has 1 aliphatic heterocycles. The van der Waals surface area contributed by atoms with E-state index in [0.29, 0.717) is 23.9 Å². The van der Waals surface area contributed by atoms with Crippen molar-refractivity contribution in [1.29, 1.82) is 5.26 Å². The van der Waals surface area contributed by atoms with Gasteiger partial charge in [-0.2, -0.15) is 5.26 Å². The second-order valence-corrected chi connectivity index (χ2v) is 7.21. The molecule has 3 rings (SSSR count). The number of hydrogen-bond donors (Lipinski definition) is 2. The quantitative estimate of drug-likeness (QED) is 0.717. The fourth-order valence-electron chi connectivity index (χ4n) is 3.31. The first-order valence-corrected chi connectivity index (χ1v) is 9.68. The van der Waals surface area contributed by atoms with E-state index in [1.54, 1.807) is 48.3 Å². The Balaban J connectivity index is 1.35. The molecule has 1 heterocycles. The highest BCUT2D eigenvalue weighted by atomic mass is 19.1. The third-order valence-corrected chi connectivity index (χ3v) is 5.07. The molecule has 1 aliphatic rings. The molecule has 0 bridgehead atoms. The highest BCUT2D eigenvalue weighted by Crippen LogP contribution is 2.24. The van der Waals surface area contributed by atoms with Crippen molar-refractivity contribution in [2.24, 2.45) is 0 Å². The lowest BCUT2D eigenvalue weighted by Gasteiger charge is -2.18. The predicted molar refractivity (Wildman–Crippen MR) is 107 cm³/mol. The van der Waals surface area contributed by atoms with Crippen molar-refractivity contribution in [2.45, 2.75) is 31.3 Å². The molecule has 2 atom stereocenters. The lowest BCUT2D eigenvalue weighted by molar-refractivity contribution is -0.132. The topological polar surface area (TPSA) is 77.4 Å². The minimum absolute atomic E-state index is 0.0295. The van der Waals surface area contributed by atoms with E-state index in [0.717, 1.165) is 24.8 Å². The van der Waals surface area contributed by atoms with Gasteiger partial charge in [0.25, 0.3) is 5.91 Å². The fraction of sp³-hybridized carbons (Fsp3) is 0.364. The van der Waals surface area contributed by atoms with E-state index in [2.05, 4.69) is 10.9 Å². The van der Waals surface area contributed by atoms with Crippen LogP contribution in [0.2, 0.25) is 0 Å². The summed E-state index contributed by atoms with van der Waals surface area (Å²) in [6.07, 6.45) is 2.72. The third kappa shape index (κ3) is 6.01. The summed E-state index contributed by atoms with van der Waals surface area (Å²) in [4.78, 5) is 13.9. The molecule has 0 radical (unpaired) electrons. The van der Waals surface area contributed by atoms with Crippen LogP contribution >= 0.6 is 0 Å². The molecule has 2 aromatic rings. The number of likely N-dealkylation sites (N-methyl/N-ethyl adjacent to an activating group) is 1. The molecule has 0 saturated carbocycles. The molecule has 152 valence electrons. The van der Waals surface area contributed by atoms with Crippen LogP contribution in [-0.2, 0) is 4.79 Å². The molecule has 1 saturated heterocycles. The average Bonchev–Trinajstić information content (AvgIpc) is 3.21. The summed E-state index contributed by atoms with van der Waals surface area (Å²) in [5, 5.41) is 8.79. The van der Waals surface area contributed by atoms with Gasteiger partial charge in [-0.3, -0.25) is 15.6 Å². The van der Waals surface area contributed by atoms with Gasteiger partial charge < -0.3 is 9.64 Å². The Morgan fingerprint density at radius 1 is 1.21 bits per heavy atom. The number of amides is 1. The van der Waals surface area contributed by atoms with Crippen LogP contribution in [0.15, 0.2) is 48.5 Å². The monoisotopic (exact) mass is 396 g/mol. The number of carbonyl (C=O) groups excluding carboxylic acids is 1. The summed E-state index contributed by atoms with van der Waals surface area (Å²) in [6.45, 7) is 0.618. The maximum atomic E-state index is 13.1. The molecule has 6 nitrogen and oxygen atoms in total. The molecule has 2 aromatic carbocycles. The zero-order valence-corrected chi connectivity index (χ0v) is 16.4. The Labute approximate surface area is 170 Å². The molecule has 7 heteroatoms. The highest BCUT2D eigenvalue weighted by molar-refractivity contribution is 5.77. The molecular formula is C22H25FN4O2.